The third kappa shape index (κ3) is 2.33. The number of aromatic nitrogens is 2. The van der Waals surface area contributed by atoms with Gasteiger partial charge in [0.1, 0.15) is 12.4 Å². The lowest BCUT2D eigenvalue weighted by Crippen LogP contribution is -2.26. The molecule has 0 unspecified atom stereocenters. The Kier molecular flexibility index (Phi) is 3.09. The lowest BCUT2D eigenvalue weighted by atomic mass is 10.2. The van der Waals surface area contributed by atoms with Gasteiger partial charge in [-0.3, -0.25) is 4.79 Å². The van der Waals surface area contributed by atoms with Gasteiger partial charge in [0.2, 0.25) is 0 Å². The molecule has 0 atom stereocenters. The third-order valence-electron chi connectivity index (χ3n) is 3.06. The van der Waals surface area contributed by atoms with Gasteiger partial charge in [0.05, 0.1) is 11.6 Å². The van der Waals surface area contributed by atoms with Crippen molar-refractivity contribution < 1.29 is 5.11 Å². The minimum atomic E-state index is -0.130. The van der Waals surface area contributed by atoms with Gasteiger partial charge in [0.15, 0.2) is 0 Å². The Labute approximate surface area is 115 Å². The number of fused-ring (bicyclic) bond motifs is 1. The fourth-order valence-corrected chi connectivity index (χ4v) is 1.99. The first-order valence-corrected chi connectivity index (χ1v) is 6.22. The number of rotatable bonds is 3. The van der Waals surface area contributed by atoms with E-state index >= 15 is 0 Å². The number of benzene rings is 2. The Morgan fingerprint density at radius 1 is 1.10 bits per heavy atom. The van der Waals surface area contributed by atoms with Crippen molar-refractivity contribution in [3.05, 3.63) is 65.1 Å². The van der Waals surface area contributed by atoms with Gasteiger partial charge in [-0.1, -0.05) is 18.2 Å². The van der Waals surface area contributed by atoms with Crippen molar-refractivity contribution in [2.24, 2.45) is 0 Å². The van der Waals surface area contributed by atoms with Gasteiger partial charge >= 0.3 is 0 Å². The standard InChI is InChI=1S/C15H13N3O2/c19-13-7-5-12(6-8-13)16-10-18-15(20)14-4-2-1-3-11(14)9-17-18/h1-9,16,19H,10H2. The lowest BCUT2D eigenvalue weighted by Gasteiger charge is -2.08. The van der Waals surface area contributed by atoms with Crippen LogP contribution in [0.3, 0.4) is 0 Å². The van der Waals surface area contributed by atoms with Crippen LogP contribution in [0.2, 0.25) is 0 Å². The number of phenolic OH excluding ortho intramolecular Hbond substituents is 1. The highest BCUT2D eigenvalue weighted by Gasteiger charge is 2.02. The summed E-state index contributed by atoms with van der Waals surface area (Å²) in [7, 11) is 0. The second-order valence-corrected chi connectivity index (χ2v) is 4.42. The maximum Gasteiger partial charge on any atom is 0.276 e. The van der Waals surface area contributed by atoms with E-state index in [-0.39, 0.29) is 18.0 Å². The molecule has 2 N–H and O–H groups in total. The van der Waals surface area contributed by atoms with E-state index in [1.807, 2.05) is 18.2 Å². The summed E-state index contributed by atoms with van der Waals surface area (Å²) in [5.74, 6) is 0.205. The van der Waals surface area contributed by atoms with E-state index in [0.717, 1.165) is 11.1 Å². The maximum atomic E-state index is 12.2. The highest BCUT2D eigenvalue weighted by Crippen LogP contribution is 2.13. The van der Waals surface area contributed by atoms with Gasteiger partial charge in [0, 0.05) is 11.1 Å². The van der Waals surface area contributed by atoms with E-state index in [2.05, 4.69) is 10.4 Å². The van der Waals surface area contributed by atoms with Crippen LogP contribution in [0.4, 0.5) is 5.69 Å². The molecule has 0 aliphatic rings. The number of phenols is 1. The summed E-state index contributed by atoms with van der Waals surface area (Å²) in [6.07, 6.45) is 1.68. The number of aromatic hydroxyl groups is 1. The molecule has 0 spiro atoms. The molecule has 5 nitrogen and oxygen atoms in total. The summed E-state index contributed by atoms with van der Waals surface area (Å²) >= 11 is 0. The fraction of sp³-hybridized carbons (Fsp3) is 0.0667. The summed E-state index contributed by atoms with van der Waals surface area (Å²) in [5.41, 5.74) is 0.680. The topological polar surface area (TPSA) is 67.2 Å². The summed E-state index contributed by atoms with van der Waals surface area (Å²) in [5, 5.41) is 17.9. The molecular weight excluding hydrogens is 254 g/mol. The molecule has 20 heavy (non-hydrogen) atoms. The van der Waals surface area contributed by atoms with Crippen LogP contribution in [-0.2, 0) is 6.67 Å². The molecule has 0 aliphatic carbocycles. The summed E-state index contributed by atoms with van der Waals surface area (Å²) in [6, 6.07) is 14.0. The molecule has 5 heteroatoms. The van der Waals surface area contributed by atoms with Crippen LogP contribution in [0.5, 0.6) is 5.75 Å². The lowest BCUT2D eigenvalue weighted by molar-refractivity contribution is 0.475. The predicted molar refractivity (Wildman–Crippen MR) is 77.7 cm³/mol. The van der Waals surface area contributed by atoms with Gasteiger partial charge in [-0.25, -0.2) is 4.68 Å². The predicted octanol–water partition coefficient (Wildman–Crippen LogP) is 2.17. The Hall–Kier alpha value is -2.82. The molecule has 1 heterocycles. The first kappa shape index (κ1) is 12.2. The fourth-order valence-electron chi connectivity index (χ4n) is 1.99. The van der Waals surface area contributed by atoms with Crippen LogP contribution in [-0.4, -0.2) is 14.9 Å². The Morgan fingerprint density at radius 3 is 2.65 bits per heavy atom. The van der Waals surface area contributed by atoms with Gasteiger partial charge in [0.25, 0.3) is 5.56 Å². The quantitative estimate of drug-likeness (QED) is 0.714. The van der Waals surface area contributed by atoms with E-state index in [1.165, 1.54) is 4.68 Å². The molecule has 0 saturated heterocycles. The maximum absolute atomic E-state index is 12.2. The van der Waals surface area contributed by atoms with Gasteiger partial charge < -0.3 is 10.4 Å². The van der Waals surface area contributed by atoms with Crippen molar-refractivity contribution in [3.8, 4) is 5.75 Å². The van der Waals surface area contributed by atoms with E-state index in [1.54, 1.807) is 36.5 Å². The SMILES string of the molecule is O=c1c2ccccc2cnn1CNc1ccc(O)cc1. The zero-order valence-corrected chi connectivity index (χ0v) is 10.7. The van der Waals surface area contributed by atoms with Crippen LogP contribution >= 0.6 is 0 Å². The smallest absolute Gasteiger partial charge is 0.276 e. The van der Waals surface area contributed by atoms with E-state index in [4.69, 9.17) is 0 Å². The van der Waals surface area contributed by atoms with Gasteiger partial charge in [-0.15, -0.1) is 0 Å². The molecule has 0 bridgehead atoms. The first-order valence-electron chi connectivity index (χ1n) is 6.22. The monoisotopic (exact) mass is 267 g/mol. The first-order chi connectivity index (χ1) is 9.74. The summed E-state index contributed by atoms with van der Waals surface area (Å²) < 4.78 is 1.37. The van der Waals surface area contributed by atoms with Crippen LogP contribution in [0.15, 0.2) is 59.5 Å². The number of nitrogens with one attached hydrogen (secondary N) is 1. The minimum absolute atomic E-state index is 0.130. The van der Waals surface area contributed by atoms with Crippen LogP contribution < -0.4 is 10.9 Å². The Balaban J connectivity index is 1.86. The number of anilines is 1. The second kappa shape index (κ2) is 5.05. The van der Waals surface area contributed by atoms with Crippen molar-refractivity contribution >= 4 is 16.5 Å². The zero-order chi connectivity index (χ0) is 13.9. The molecule has 0 fully saturated rings. The summed E-state index contributed by atoms with van der Waals surface area (Å²) in [6.45, 7) is 0.272. The average Bonchev–Trinajstić information content (AvgIpc) is 2.49. The molecule has 0 radical (unpaired) electrons. The van der Waals surface area contributed by atoms with Gasteiger partial charge in [-0.2, -0.15) is 5.10 Å². The third-order valence-corrected chi connectivity index (χ3v) is 3.06. The normalized spacial score (nSPS) is 10.6. The molecule has 0 saturated carbocycles. The van der Waals surface area contributed by atoms with Crippen molar-refractivity contribution in [2.75, 3.05) is 5.32 Å². The molecule has 0 amide bonds. The average molecular weight is 267 g/mol. The molecule has 2 aromatic carbocycles. The second-order valence-electron chi connectivity index (χ2n) is 4.42. The highest BCUT2D eigenvalue weighted by molar-refractivity contribution is 5.80. The number of nitrogens with zero attached hydrogens (tertiary/aromatic N) is 2. The number of hydrogen-bond donors (Lipinski definition) is 2. The van der Waals surface area contributed by atoms with E-state index < -0.39 is 0 Å². The molecule has 100 valence electrons. The number of hydrogen-bond acceptors (Lipinski definition) is 4. The van der Waals surface area contributed by atoms with Crippen LogP contribution in [0.25, 0.3) is 10.8 Å². The Bertz CT molecular complexity index is 794. The molecule has 3 rings (SSSR count). The molecular formula is C15H13N3O2. The van der Waals surface area contributed by atoms with Gasteiger partial charge in [-0.05, 0) is 30.3 Å². The van der Waals surface area contributed by atoms with Crippen molar-refractivity contribution in [2.45, 2.75) is 6.67 Å². The van der Waals surface area contributed by atoms with Crippen LogP contribution in [0, 0.1) is 0 Å². The van der Waals surface area contributed by atoms with Crippen molar-refractivity contribution in [1.29, 1.82) is 0 Å². The van der Waals surface area contributed by atoms with Crippen LogP contribution in [0.1, 0.15) is 0 Å². The molecule has 0 aliphatic heterocycles. The molecule has 3 aromatic rings. The van der Waals surface area contributed by atoms with Crippen molar-refractivity contribution in [1.82, 2.24) is 9.78 Å². The molecule has 1 aromatic heterocycles. The summed E-state index contributed by atoms with van der Waals surface area (Å²) in [4.78, 5) is 12.2. The minimum Gasteiger partial charge on any atom is -0.508 e. The zero-order valence-electron chi connectivity index (χ0n) is 10.7. The van der Waals surface area contributed by atoms with Crippen molar-refractivity contribution in [3.63, 3.8) is 0 Å². The van der Waals surface area contributed by atoms with E-state index in [9.17, 15) is 9.90 Å². The Morgan fingerprint density at radius 2 is 1.85 bits per heavy atom. The van der Waals surface area contributed by atoms with E-state index in [0.29, 0.717) is 5.39 Å². The highest BCUT2D eigenvalue weighted by atomic mass is 16.3. The largest absolute Gasteiger partial charge is 0.508 e.